The molecule has 1 aromatic carbocycles. The molecule has 0 radical (unpaired) electrons. The number of nitrogens with zero attached hydrogens (tertiary/aromatic N) is 1. The van der Waals surface area contributed by atoms with Gasteiger partial charge >= 0.3 is 0 Å². The van der Waals surface area contributed by atoms with E-state index in [1.165, 1.54) is 6.92 Å². The Hall–Kier alpha value is -1.56. The Morgan fingerprint density at radius 3 is 2.33 bits per heavy atom. The highest BCUT2D eigenvalue weighted by atomic mass is 32.2. The summed E-state index contributed by atoms with van der Waals surface area (Å²) in [6, 6.07) is 6.70. The lowest BCUT2D eigenvalue weighted by atomic mass is 10.1. The van der Waals surface area contributed by atoms with Crippen LogP contribution in [-0.2, 0) is 9.84 Å². The van der Waals surface area contributed by atoms with Gasteiger partial charge < -0.3 is 9.94 Å². The van der Waals surface area contributed by atoms with Crippen LogP contribution in [0.4, 0.5) is 0 Å². The van der Waals surface area contributed by atoms with Gasteiger partial charge in [0.1, 0.15) is 16.7 Å². The second-order valence-electron chi connectivity index (χ2n) is 3.81. The minimum absolute atomic E-state index is 0.00331. The van der Waals surface area contributed by atoms with E-state index in [-0.39, 0.29) is 11.5 Å². The summed E-state index contributed by atoms with van der Waals surface area (Å²) >= 11 is 0. The van der Waals surface area contributed by atoms with Crippen LogP contribution in [0.3, 0.4) is 0 Å². The number of hydrogen-bond donors (Lipinski definition) is 1. The van der Waals surface area contributed by atoms with Crippen LogP contribution in [0.15, 0.2) is 29.4 Å². The Labute approximate surface area is 107 Å². The number of ether oxygens (including phenoxy) is 1. The molecule has 0 aliphatic heterocycles. The third kappa shape index (κ3) is 3.01. The fourth-order valence-electron chi connectivity index (χ4n) is 1.56. The molecule has 0 aliphatic rings. The summed E-state index contributed by atoms with van der Waals surface area (Å²) in [5.41, 5.74) is 0.697. The zero-order valence-electron chi connectivity index (χ0n) is 10.6. The molecule has 0 aliphatic carbocycles. The van der Waals surface area contributed by atoms with Crippen LogP contribution in [0.25, 0.3) is 0 Å². The van der Waals surface area contributed by atoms with Gasteiger partial charge in [-0.2, -0.15) is 0 Å². The lowest BCUT2D eigenvalue weighted by Crippen LogP contribution is -2.29. The van der Waals surface area contributed by atoms with Crippen LogP contribution in [0.5, 0.6) is 5.75 Å². The third-order valence-corrected chi connectivity index (χ3v) is 4.92. The van der Waals surface area contributed by atoms with Crippen molar-refractivity contribution in [3.63, 3.8) is 0 Å². The summed E-state index contributed by atoms with van der Waals surface area (Å²) in [6.45, 7) is 3.08. The number of benzene rings is 1. The van der Waals surface area contributed by atoms with Crippen LogP contribution in [-0.4, -0.2) is 37.4 Å². The monoisotopic (exact) mass is 271 g/mol. The van der Waals surface area contributed by atoms with Crippen LogP contribution in [0.2, 0.25) is 0 Å². The van der Waals surface area contributed by atoms with E-state index in [1.807, 2.05) is 0 Å². The number of hydrogen-bond acceptors (Lipinski definition) is 5. The molecule has 0 saturated heterocycles. The molecule has 0 aromatic heterocycles. The van der Waals surface area contributed by atoms with Gasteiger partial charge in [-0.25, -0.2) is 8.42 Å². The molecule has 100 valence electrons. The Bertz CT molecular complexity index is 520. The van der Waals surface area contributed by atoms with E-state index in [0.29, 0.717) is 11.3 Å². The first-order valence-electron chi connectivity index (χ1n) is 5.54. The smallest absolute Gasteiger partial charge is 0.158 e. The lowest BCUT2D eigenvalue weighted by molar-refractivity contribution is 0.318. The molecule has 0 bridgehead atoms. The molecule has 0 spiro atoms. The Balaban J connectivity index is 3.11. The SMILES string of the molecule is CCS(=O)(=O)[C@H](C)/C(=N\O)c1ccc(OC)cc1. The van der Waals surface area contributed by atoms with Crippen LogP contribution in [0, 0.1) is 0 Å². The first kappa shape index (κ1) is 14.5. The molecule has 0 fully saturated rings. The first-order valence-corrected chi connectivity index (χ1v) is 7.25. The summed E-state index contributed by atoms with van der Waals surface area (Å²) in [5, 5.41) is 11.3. The van der Waals surface area contributed by atoms with Crippen molar-refractivity contribution in [2.45, 2.75) is 19.1 Å². The number of methoxy groups -OCH3 is 1. The maximum Gasteiger partial charge on any atom is 0.158 e. The molecule has 1 aromatic rings. The van der Waals surface area contributed by atoms with E-state index >= 15 is 0 Å². The van der Waals surface area contributed by atoms with Crippen molar-refractivity contribution in [1.29, 1.82) is 0 Å². The van der Waals surface area contributed by atoms with Gasteiger partial charge in [-0.15, -0.1) is 0 Å². The quantitative estimate of drug-likeness (QED) is 0.502. The van der Waals surface area contributed by atoms with E-state index in [0.717, 1.165) is 0 Å². The predicted molar refractivity (Wildman–Crippen MR) is 70.2 cm³/mol. The normalized spacial score (nSPS) is 14.3. The van der Waals surface area contributed by atoms with Crippen LogP contribution < -0.4 is 4.74 Å². The van der Waals surface area contributed by atoms with Crippen molar-refractivity contribution in [2.75, 3.05) is 12.9 Å². The van der Waals surface area contributed by atoms with Crippen LogP contribution in [0.1, 0.15) is 19.4 Å². The molecule has 0 unspecified atom stereocenters. The average Bonchev–Trinajstić information content (AvgIpc) is 2.40. The van der Waals surface area contributed by atoms with Crippen molar-refractivity contribution in [3.8, 4) is 5.75 Å². The fourth-order valence-corrected chi connectivity index (χ4v) is 2.58. The molecular formula is C12H17NO4S. The first-order chi connectivity index (χ1) is 8.46. The fraction of sp³-hybridized carbons (Fsp3) is 0.417. The maximum absolute atomic E-state index is 11.8. The van der Waals surface area contributed by atoms with Gasteiger partial charge in [-0.05, 0) is 31.2 Å². The third-order valence-electron chi connectivity index (χ3n) is 2.82. The van der Waals surface area contributed by atoms with Gasteiger partial charge in [-0.3, -0.25) is 0 Å². The number of rotatable bonds is 5. The number of oxime groups is 1. The summed E-state index contributed by atoms with van der Waals surface area (Å²) in [7, 11) is -1.75. The summed E-state index contributed by atoms with van der Waals surface area (Å²) in [5.74, 6) is 0.658. The van der Waals surface area contributed by atoms with Crippen molar-refractivity contribution >= 4 is 15.5 Å². The molecule has 0 amide bonds. The van der Waals surface area contributed by atoms with Crippen molar-refractivity contribution < 1.29 is 18.4 Å². The van der Waals surface area contributed by atoms with E-state index in [2.05, 4.69) is 5.16 Å². The summed E-state index contributed by atoms with van der Waals surface area (Å²) in [4.78, 5) is 0. The Morgan fingerprint density at radius 1 is 1.39 bits per heavy atom. The Morgan fingerprint density at radius 2 is 1.94 bits per heavy atom. The van der Waals surface area contributed by atoms with Crippen molar-refractivity contribution in [1.82, 2.24) is 0 Å². The molecule has 18 heavy (non-hydrogen) atoms. The van der Waals surface area contributed by atoms with Crippen LogP contribution >= 0.6 is 0 Å². The molecule has 5 nitrogen and oxygen atoms in total. The van der Waals surface area contributed by atoms with Gasteiger partial charge in [0, 0.05) is 11.3 Å². The van der Waals surface area contributed by atoms with Crippen molar-refractivity contribution in [3.05, 3.63) is 29.8 Å². The zero-order chi connectivity index (χ0) is 13.8. The second kappa shape index (κ2) is 5.86. The molecule has 1 atom stereocenters. The highest BCUT2D eigenvalue weighted by molar-refractivity contribution is 7.92. The van der Waals surface area contributed by atoms with Gasteiger partial charge in [0.25, 0.3) is 0 Å². The molecular weight excluding hydrogens is 254 g/mol. The molecule has 0 saturated carbocycles. The highest BCUT2D eigenvalue weighted by Crippen LogP contribution is 2.16. The van der Waals surface area contributed by atoms with Gasteiger partial charge in [0.2, 0.25) is 0 Å². The van der Waals surface area contributed by atoms with Gasteiger partial charge in [-0.1, -0.05) is 12.1 Å². The van der Waals surface area contributed by atoms with E-state index in [9.17, 15) is 8.42 Å². The summed E-state index contributed by atoms with van der Waals surface area (Å²) < 4.78 is 28.6. The molecule has 0 heterocycles. The van der Waals surface area contributed by atoms with Crippen molar-refractivity contribution in [2.24, 2.45) is 5.16 Å². The topological polar surface area (TPSA) is 76.0 Å². The minimum Gasteiger partial charge on any atom is -0.497 e. The zero-order valence-corrected chi connectivity index (χ0v) is 11.4. The Kier molecular flexibility index (Phi) is 4.72. The second-order valence-corrected chi connectivity index (χ2v) is 6.42. The minimum atomic E-state index is -3.30. The largest absolute Gasteiger partial charge is 0.497 e. The molecule has 1 rings (SSSR count). The molecule has 6 heteroatoms. The van der Waals surface area contributed by atoms with Gasteiger partial charge in [0.05, 0.1) is 7.11 Å². The van der Waals surface area contributed by atoms with Gasteiger partial charge in [0.15, 0.2) is 9.84 Å². The highest BCUT2D eigenvalue weighted by Gasteiger charge is 2.25. The average molecular weight is 271 g/mol. The van der Waals surface area contributed by atoms with E-state index in [1.54, 1.807) is 38.3 Å². The number of sulfone groups is 1. The maximum atomic E-state index is 11.8. The standard InChI is InChI=1S/C12H17NO4S/c1-4-18(15,16)9(2)12(13-14)10-5-7-11(17-3)8-6-10/h5-9,14H,4H2,1-3H3/b13-12+/t9-/m1/s1. The lowest BCUT2D eigenvalue weighted by Gasteiger charge is -2.13. The molecule has 1 N–H and O–H groups in total. The predicted octanol–water partition coefficient (Wildman–Crippen LogP) is 1.70. The summed E-state index contributed by atoms with van der Waals surface area (Å²) in [6.07, 6.45) is 0. The van der Waals surface area contributed by atoms with E-state index < -0.39 is 15.1 Å². The van der Waals surface area contributed by atoms with E-state index in [4.69, 9.17) is 9.94 Å².